The number of nitro groups is 1. The third-order valence-electron chi connectivity index (χ3n) is 2.30. The van der Waals surface area contributed by atoms with Crippen LogP contribution in [0.25, 0.3) is 0 Å². The van der Waals surface area contributed by atoms with Crippen LogP contribution in [-0.4, -0.2) is 37.6 Å². The lowest BCUT2D eigenvalue weighted by Gasteiger charge is -2.08. The van der Waals surface area contributed by atoms with Crippen LogP contribution in [-0.2, 0) is 9.53 Å². The molecule has 1 aromatic rings. The van der Waals surface area contributed by atoms with Gasteiger partial charge in [-0.2, -0.15) is 0 Å². The Morgan fingerprint density at radius 1 is 1.55 bits per heavy atom. The maximum atomic E-state index is 13.4. The molecule has 20 heavy (non-hydrogen) atoms. The van der Waals surface area contributed by atoms with Crippen LogP contribution in [0, 0.1) is 15.9 Å². The van der Waals surface area contributed by atoms with E-state index >= 15 is 0 Å². The van der Waals surface area contributed by atoms with Gasteiger partial charge in [-0.05, 0) is 15.9 Å². The van der Waals surface area contributed by atoms with E-state index in [9.17, 15) is 19.3 Å². The maximum Gasteiger partial charge on any atom is 0.293 e. The van der Waals surface area contributed by atoms with E-state index in [4.69, 9.17) is 4.74 Å². The molecule has 0 atom stereocenters. The second-order valence-corrected chi connectivity index (χ2v) is 4.59. The number of hydrogen-bond acceptors (Lipinski definition) is 5. The van der Waals surface area contributed by atoms with Crippen molar-refractivity contribution in [1.82, 2.24) is 5.32 Å². The minimum absolute atomic E-state index is 0.0145. The molecule has 2 N–H and O–H groups in total. The summed E-state index contributed by atoms with van der Waals surface area (Å²) in [4.78, 5) is 21.6. The van der Waals surface area contributed by atoms with Gasteiger partial charge in [0.05, 0.1) is 22.5 Å². The van der Waals surface area contributed by atoms with E-state index in [-0.39, 0.29) is 28.3 Å². The molecule has 0 unspecified atom stereocenters. The zero-order chi connectivity index (χ0) is 15.1. The van der Waals surface area contributed by atoms with Crippen LogP contribution < -0.4 is 10.6 Å². The number of carbonyl (C=O) groups is 1. The van der Waals surface area contributed by atoms with Crippen molar-refractivity contribution in [2.45, 2.75) is 0 Å². The Labute approximate surface area is 122 Å². The molecule has 0 saturated carbocycles. The van der Waals surface area contributed by atoms with Crippen molar-refractivity contribution >= 4 is 33.2 Å². The number of rotatable bonds is 7. The lowest BCUT2D eigenvalue weighted by Crippen LogP contribution is -2.32. The van der Waals surface area contributed by atoms with Crippen LogP contribution in [0.5, 0.6) is 0 Å². The monoisotopic (exact) mass is 349 g/mol. The van der Waals surface area contributed by atoms with Crippen molar-refractivity contribution in [3.05, 3.63) is 32.5 Å². The zero-order valence-corrected chi connectivity index (χ0v) is 12.2. The third kappa shape index (κ3) is 4.74. The van der Waals surface area contributed by atoms with Crippen molar-refractivity contribution < 1.29 is 18.8 Å². The van der Waals surface area contributed by atoms with Crippen molar-refractivity contribution in [2.75, 3.05) is 32.1 Å². The molecule has 0 aliphatic carbocycles. The minimum Gasteiger partial charge on any atom is -0.383 e. The molecule has 0 radical (unpaired) electrons. The van der Waals surface area contributed by atoms with Gasteiger partial charge in [0.1, 0.15) is 11.5 Å². The van der Waals surface area contributed by atoms with Crippen molar-refractivity contribution in [2.24, 2.45) is 0 Å². The Morgan fingerprint density at radius 2 is 2.25 bits per heavy atom. The molecule has 0 aliphatic rings. The molecule has 0 heterocycles. The fourth-order valence-electron chi connectivity index (χ4n) is 1.36. The highest BCUT2D eigenvalue weighted by atomic mass is 79.9. The molecule has 0 bridgehead atoms. The number of halogens is 2. The van der Waals surface area contributed by atoms with Crippen LogP contribution >= 0.6 is 15.9 Å². The van der Waals surface area contributed by atoms with Gasteiger partial charge in [0.15, 0.2) is 0 Å². The van der Waals surface area contributed by atoms with E-state index in [2.05, 4.69) is 26.6 Å². The number of nitrogens with zero attached hydrogens (tertiary/aromatic N) is 1. The van der Waals surface area contributed by atoms with Gasteiger partial charge in [-0.15, -0.1) is 0 Å². The molecule has 1 aromatic carbocycles. The first-order chi connectivity index (χ1) is 9.45. The zero-order valence-electron chi connectivity index (χ0n) is 10.6. The Morgan fingerprint density at radius 3 is 2.85 bits per heavy atom. The number of nitrogens with one attached hydrogen (secondary N) is 2. The summed E-state index contributed by atoms with van der Waals surface area (Å²) >= 11 is 2.87. The van der Waals surface area contributed by atoms with Crippen LogP contribution in [0.4, 0.5) is 15.8 Å². The highest BCUT2D eigenvalue weighted by molar-refractivity contribution is 9.10. The Hall–Kier alpha value is -1.74. The molecule has 9 heteroatoms. The number of methoxy groups -OCH3 is 1. The Bertz CT molecular complexity index is 513. The smallest absolute Gasteiger partial charge is 0.293 e. The first kappa shape index (κ1) is 16.3. The first-order valence-electron chi connectivity index (χ1n) is 5.58. The molecule has 110 valence electrons. The molecule has 1 rings (SSSR count). The summed E-state index contributed by atoms with van der Waals surface area (Å²) in [6.07, 6.45) is 0. The number of amides is 1. The van der Waals surface area contributed by atoms with Gasteiger partial charge in [0, 0.05) is 25.8 Å². The van der Waals surface area contributed by atoms with Gasteiger partial charge in [-0.3, -0.25) is 14.9 Å². The fourth-order valence-corrected chi connectivity index (χ4v) is 1.69. The van der Waals surface area contributed by atoms with Crippen LogP contribution in [0.3, 0.4) is 0 Å². The number of anilines is 1. The maximum absolute atomic E-state index is 13.4. The molecule has 0 spiro atoms. The highest BCUT2D eigenvalue weighted by Gasteiger charge is 2.17. The number of hydrogen-bond donors (Lipinski definition) is 2. The topological polar surface area (TPSA) is 93.5 Å². The van der Waals surface area contributed by atoms with E-state index in [1.54, 1.807) is 0 Å². The summed E-state index contributed by atoms with van der Waals surface area (Å²) in [5, 5.41) is 15.9. The average molecular weight is 350 g/mol. The van der Waals surface area contributed by atoms with Gasteiger partial charge < -0.3 is 15.4 Å². The minimum atomic E-state index is -0.657. The molecule has 0 aliphatic heterocycles. The van der Waals surface area contributed by atoms with Gasteiger partial charge in [0.25, 0.3) is 5.69 Å². The Kier molecular flexibility index (Phi) is 6.32. The van der Waals surface area contributed by atoms with Crippen LogP contribution in [0.15, 0.2) is 16.6 Å². The molecule has 7 nitrogen and oxygen atoms in total. The number of benzene rings is 1. The number of carbonyl (C=O) groups excluding carboxylic acids is 1. The fraction of sp³-hybridized carbons (Fsp3) is 0.364. The Balaban J connectivity index is 2.69. The molecule has 1 amide bonds. The summed E-state index contributed by atoms with van der Waals surface area (Å²) in [7, 11) is 1.50. The second kappa shape index (κ2) is 7.75. The van der Waals surface area contributed by atoms with E-state index in [1.807, 2.05) is 0 Å². The molecule has 0 saturated heterocycles. The van der Waals surface area contributed by atoms with Crippen LogP contribution in [0.1, 0.15) is 0 Å². The first-order valence-corrected chi connectivity index (χ1v) is 6.38. The van der Waals surface area contributed by atoms with Crippen molar-refractivity contribution in [1.29, 1.82) is 0 Å². The second-order valence-electron chi connectivity index (χ2n) is 3.74. The third-order valence-corrected chi connectivity index (χ3v) is 2.91. The lowest BCUT2D eigenvalue weighted by atomic mass is 10.2. The van der Waals surface area contributed by atoms with Gasteiger partial charge in [-0.25, -0.2) is 4.39 Å². The van der Waals surface area contributed by atoms with Crippen molar-refractivity contribution in [3.8, 4) is 0 Å². The van der Waals surface area contributed by atoms with E-state index in [0.29, 0.717) is 13.2 Å². The van der Waals surface area contributed by atoms with E-state index < -0.39 is 10.7 Å². The average Bonchev–Trinajstić information content (AvgIpc) is 2.39. The highest BCUT2D eigenvalue weighted by Crippen LogP contribution is 2.30. The number of ether oxygens (including phenoxy) is 1. The largest absolute Gasteiger partial charge is 0.383 e. The van der Waals surface area contributed by atoms with Gasteiger partial charge in [-0.1, -0.05) is 0 Å². The SMILES string of the molecule is COCCNC(=O)CNc1cc(F)c(Br)cc1[N+](=O)[O-]. The quantitative estimate of drug-likeness (QED) is 0.443. The van der Waals surface area contributed by atoms with E-state index in [1.165, 1.54) is 7.11 Å². The molecular weight excluding hydrogens is 337 g/mol. The van der Waals surface area contributed by atoms with E-state index in [0.717, 1.165) is 12.1 Å². The standard InChI is InChI=1S/C11H13BrFN3O4/c1-20-3-2-14-11(17)6-15-9-5-8(13)7(12)4-10(9)16(18)19/h4-5,15H,2-3,6H2,1H3,(H,14,17). The van der Waals surface area contributed by atoms with Crippen molar-refractivity contribution in [3.63, 3.8) is 0 Å². The van der Waals surface area contributed by atoms with Gasteiger partial charge in [0.2, 0.25) is 5.91 Å². The number of nitro benzene ring substituents is 1. The van der Waals surface area contributed by atoms with Gasteiger partial charge >= 0.3 is 0 Å². The normalized spacial score (nSPS) is 10.2. The predicted octanol–water partition coefficient (Wildman–Crippen LogP) is 1.67. The van der Waals surface area contributed by atoms with Crippen LogP contribution in [0.2, 0.25) is 0 Å². The molecule has 0 fully saturated rings. The lowest BCUT2D eigenvalue weighted by molar-refractivity contribution is -0.384. The molecular formula is C11H13BrFN3O4. The summed E-state index contributed by atoms with van der Waals surface area (Å²) in [6, 6.07) is 2.01. The summed E-state index contributed by atoms with van der Waals surface area (Å²) < 4.78 is 18.1. The predicted molar refractivity (Wildman–Crippen MR) is 74.1 cm³/mol. The summed E-state index contributed by atoms with van der Waals surface area (Å²) in [5.41, 5.74) is -0.374. The summed E-state index contributed by atoms with van der Waals surface area (Å²) in [6.45, 7) is 0.484. The summed E-state index contributed by atoms with van der Waals surface area (Å²) in [5.74, 6) is -1.03. The molecule has 0 aromatic heterocycles.